The van der Waals surface area contributed by atoms with Crippen LogP contribution < -0.4 is 5.32 Å². The van der Waals surface area contributed by atoms with Gasteiger partial charge in [0.1, 0.15) is 0 Å². The third kappa shape index (κ3) is 3.78. The highest BCUT2D eigenvalue weighted by Crippen LogP contribution is 2.16. The summed E-state index contributed by atoms with van der Waals surface area (Å²) in [7, 11) is 1.69. The van der Waals surface area contributed by atoms with E-state index in [4.69, 9.17) is 4.74 Å². The predicted molar refractivity (Wildman–Crippen MR) is 62.5 cm³/mol. The minimum absolute atomic E-state index is 0.618. The average Bonchev–Trinajstić information content (AvgIpc) is 2.18. The van der Waals surface area contributed by atoms with Crippen molar-refractivity contribution in [3.05, 3.63) is 33.8 Å². The van der Waals surface area contributed by atoms with E-state index in [1.165, 1.54) is 11.1 Å². The highest BCUT2D eigenvalue weighted by atomic mass is 79.9. The van der Waals surface area contributed by atoms with Gasteiger partial charge in [0.2, 0.25) is 0 Å². The monoisotopic (exact) mass is 257 g/mol. The lowest BCUT2D eigenvalue weighted by Gasteiger charge is -2.07. The Bertz CT molecular complexity index is 289. The van der Waals surface area contributed by atoms with Gasteiger partial charge in [-0.15, -0.1) is 0 Å². The maximum absolute atomic E-state index is 4.91. The van der Waals surface area contributed by atoms with E-state index >= 15 is 0 Å². The molecule has 0 spiro atoms. The molecule has 0 atom stereocenters. The third-order valence-electron chi connectivity index (χ3n) is 2.13. The predicted octanol–water partition coefficient (Wildman–Crippen LogP) is 2.49. The fourth-order valence-corrected chi connectivity index (χ4v) is 1.72. The van der Waals surface area contributed by atoms with Gasteiger partial charge < -0.3 is 4.74 Å². The number of nitrogens with one attached hydrogen (secondary N) is 1. The first kappa shape index (κ1) is 11.7. The van der Waals surface area contributed by atoms with Crippen molar-refractivity contribution in [2.24, 2.45) is 0 Å². The first-order valence-corrected chi connectivity index (χ1v) is 5.48. The van der Waals surface area contributed by atoms with Crippen LogP contribution in [0.4, 0.5) is 0 Å². The first-order chi connectivity index (χ1) is 6.74. The minimum atomic E-state index is 0.618. The lowest BCUT2D eigenvalue weighted by Crippen LogP contribution is -2.19. The lowest BCUT2D eigenvalue weighted by atomic mass is 10.1. The first-order valence-electron chi connectivity index (χ1n) is 4.68. The Hall–Kier alpha value is -0.380. The van der Waals surface area contributed by atoms with Crippen LogP contribution in [0.1, 0.15) is 11.1 Å². The molecule has 1 aromatic carbocycles. The molecular formula is C11H16BrNO. The van der Waals surface area contributed by atoms with E-state index in [9.17, 15) is 0 Å². The van der Waals surface area contributed by atoms with E-state index in [-0.39, 0.29) is 0 Å². The number of halogens is 1. The van der Waals surface area contributed by atoms with Crippen molar-refractivity contribution in [3.63, 3.8) is 0 Å². The molecule has 14 heavy (non-hydrogen) atoms. The number of aryl methyl sites for hydroxylation is 1. The number of hydrogen-bond acceptors (Lipinski definition) is 2. The summed E-state index contributed by atoms with van der Waals surface area (Å²) in [6.07, 6.45) is 1.04. The van der Waals surface area contributed by atoms with E-state index in [0.717, 1.165) is 17.4 Å². The van der Waals surface area contributed by atoms with Gasteiger partial charge in [-0.1, -0.05) is 22.0 Å². The highest BCUT2D eigenvalue weighted by Gasteiger charge is 1.98. The maximum atomic E-state index is 4.91. The zero-order chi connectivity index (χ0) is 10.4. The zero-order valence-electron chi connectivity index (χ0n) is 8.64. The molecule has 1 N–H and O–H groups in total. The highest BCUT2D eigenvalue weighted by molar-refractivity contribution is 9.10. The largest absolute Gasteiger partial charge is 0.370 e. The molecule has 0 aromatic heterocycles. The summed E-state index contributed by atoms with van der Waals surface area (Å²) >= 11 is 3.47. The van der Waals surface area contributed by atoms with E-state index in [2.05, 4.69) is 46.4 Å². The second-order valence-electron chi connectivity index (χ2n) is 3.25. The second kappa shape index (κ2) is 6.17. The van der Waals surface area contributed by atoms with Crippen molar-refractivity contribution in [3.8, 4) is 0 Å². The number of ether oxygens (including phenoxy) is 1. The fourth-order valence-electron chi connectivity index (χ4n) is 1.31. The van der Waals surface area contributed by atoms with Gasteiger partial charge in [0, 0.05) is 18.1 Å². The fraction of sp³-hybridized carbons (Fsp3) is 0.455. The molecule has 78 valence electrons. The maximum Gasteiger partial charge on any atom is 0.0961 e. The van der Waals surface area contributed by atoms with Gasteiger partial charge in [0.05, 0.1) is 6.73 Å². The molecule has 0 amide bonds. The molecule has 0 radical (unpaired) electrons. The molecule has 0 unspecified atom stereocenters. The molecule has 0 aliphatic carbocycles. The Morgan fingerprint density at radius 1 is 1.43 bits per heavy atom. The molecule has 1 aromatic rings. The number of hydrogen-bond donors (Lipinski definition) is 1. The summed E-state index contributed by atoms with van der Waals surface area (Å²) in [5.74, 6) is 0. The van der Waals surface area contributed by atoms with Crippen molar-refractivity contribution in [1.82, 2.24) is 5.32 Å². The van der Waals surface area contributed by atoms with E-state index in [1.54, 1.807) is 7.11 Å². The molecular weight excluding hydrogens is 242 g/mol. The summed E-state index contributed by atoms with van der Waals surface area (Å²) in [5.41, 5.74) is 2.72. The third-order valence-corrected chi connectivity index (χ3v) is 2.62. The van der Waals surface area contributed by atoms with Crippen molar-refractivity contribution in [2.45, 2.75) is 13.3 Å². The molecule has 0 bridgehead atoms. The molecule has 0 saturated heterocycles. The van der Waals surface area contributed by atoms with Gasteiger partial charge in [0.15, 0.2) is 0 Å². The number of benzene rings is 1. The molecule has 0 fully saturated rings. The van der Waals surface area contributed by atoms with Crippen LogP contribution in [-0.4, -0.2) is 20.4 Å². The van der Waals surface area contributed by atoms with Crippen LogP contribution in [0.25, 0.3) is 0 Å². The number of rotatable bonds is 5. The van der Waals surface area contributed by atoms with Gasteiger partial charge in [-0.3, -0.25) is 5.32 Å². The normalized spacial score (nSPS) is 10.5. The standard InChI is InChI=1S/C11H16BrNO/c1-9-3-4-11(12)7-10(9)5-6-13-8-14-2/h3-4,7,13H,5-6,8H2,1-2H3. The lowest BCUT2D eigenvalue weighted by molar-refractivity contribution is 0.176. The van der Waals surface area contributed by atoms with Gasteiger partial charge >= 0.3 is 0 Å². The minimum Gasteiger partial charge on any atom is -0.370 e. The van der Waals surface area contributed by atoms with Crippen LogP contribution in [0, 0.1) is 6.92 Å². The van der Waals surface area contributed by atoms with Crippen molar-refractivity contribution in [1.29, 1.82) is 0 Å². The Balaban J connectivity index is 2.45. The van der Waals surface area contributed by atoms with Crippen molar-refractivity contribution in [2.75, 3.05) is 20.4 Å². The van der Waals surface area contributed by atoms with Crippen molar-refractivity contribution < 1.29 is 4.74 Å². The number of methoxy groups -OCH3 is 1. The summed E-state index contributed by atoms with van der Waals surface area (Å²) < 4.78 is 6.06. The quantitative estimate of drug-likeness (QED) is 0.647. The van der Waals surface area contributed by atoms with Gasteiger partial charge in [-0.05, 0) is 36.6 Å². The smallest absolute Gasteiger partial charge is 0.0961 e. The molecule has 0 aliphatic rings. The SMILES string of the molecule is COCNCCc1cc(Br)ccc1C. The summed E-state index contributed by atoms with van der Waals surface area (Å²) in [6.45, 7) is 3.70. The molecule has 2 nitrogen and oxygen atoms in total. The Labute approximate surface area is 93.8 Å². The van der Waals surface area contributed by atoms with Gasteiger partial charge in [-0.2, -0.15) is 0 Å². The van der Waals surface area contributed by atoms with Crippen LogP contribution >= 0.6 is 15.9 Å². The van der Waals surface area contributed by atoms with Crippen LogP contribution in [0.15, 0.2) is 22.7 Å². The topological polar surface area (TPSA) is 21.3 Å². The van der Waals surface area contributed by atoms with Crippen LogP contribution in [0.5, 0.6) is 0 Å². The summed E-state index contributed by atoms with van der Waals surface area (Å²) in [4.78, 5) is 0. The summed E-state index contributed by atoms with van der Waals surface area (Å²) in [5, 5.41) is 3.19. The molecule has 3 heteroatoms. The van der Waals surface area contributed by atoms with Gasteiger partial charge in [-0.25, -0.2) is 0 Å². The molecule has 0 aliphatic heterocycles. The molecule has 1 rings (SSSR count). The van der Waals surface area contributed by atoms with Crippen LogP contribution in [-0.2, 0) is 11.2 Å². The van der Waals surface area contributed by atoms with E-state index in [1.807, 2.05) is 0 Å². The van der Waals surface area contributed by atoms with Crippen molar-refractivity contribution >= 4 is 15.9 Å². The van der Waals surface area contributed by atoms with Crippen LogP contribution in [0.3, 0.4) is 0 Å². The van der Waals surface area contributed by atoms with Crippen LogP contribution in [0.2, 0.25) is 0 Å². The van der Waals surface area contributed by atoms with Gasteiger partial charge in [0.25, 0.3) is 0 Å². The van der Waals surface area contributed by atoms with E-state index < -0.39 is 0 Å². The second-order valence-corrected chi connectivity index (χ2v) is 4.17. The summed E-state index contributed by atoms with van der Waals surface area (Å²) in [6, 6.07) is 6.38. The Kier molecular flexibility index (Phi) is 5.15. The molecule has 0 saturated carbocycles. The average molecular weight is 258 g/mol. The zero-order valence-corrected chi connectivity index (χ0v) is 10.2. The molecule has 0 heterocycles. The van der Waals surface area contributed by atoms with E-state index in [0.29, 0.717) is 6.73 Å². The Morgan fingerprint density at radius 3 is 2.93 bits per heavy atom. The Morgan fingerprint density at radius 2 is 2.21 bits per heavy atom.